The van der Waals surface area contributed by atoms with Gasteiger partial charge in [0.1, 0.15) is 5.01 Å². The molecule has 0 radical (unpaired) electrons. The van der Waals surface area contributed by atoms with E-state index in [1.165, 1.54) is 16.9 Å². The summed E-state index contributed by atoms with van der Waals surface area (Å²) in [5.74, 6) is 0.298. The predicted octanol–water partition coefficient (Wildman–Crippen LogP) is 4.82. The molecule has 3 aromatic rings. The van der Waals surface area contributed by atoms with E-state index in [1.54, 1.807) is 6.20 Å². The number of aromatic nitrogens is 2. The van der Waals surface area contributed by atoms with Crippen molar-refractivity contribution in [2.24, 2.45) is 5.92 Å². The minimum Gasteiger partial charge on any atom is -0.349 e. The van der Waals surface area contributed by atoms with E-state index in [0.29, 0.717) is 5.92 Å². The zero-order chi connectivity index (χ0) is 19.2. The molecule has 0 aliphatic carbocycles. The Morgan fingerprint density at radius 3 is 2.56 bits per heavy atom. The van der Waals surface area contributed by atoms with Gasteiger partial charge in [-0.1, -0.05) is 51.1 Å². The molecule has 1 atom stereocenters. The normalized spacial score (nSPS) is 12.1. The van der Waals surface area contributed by atoms with Crippen LogP contribution >= 0.6 is 11.3 Å². The molecule has 2 aromatic heterocycles. The summed E-state index contributed by atoms with van der Waals surface area (Å²) in [5, 5.41) is 5.95. The highest BCUT2D eigenvalue weighted by atomic mass is 32.1. The van der Waals surface area contributed by atoms with Gasteiger partial charge in [0.25, 0.3) is 0 Å². The van der Waals surface area contributed by atoms with Crippen LogP contribution in [0.3, 0.4) is 0 Å². The molecular formula is C22H25N3OS. The largest absolute Gasteiger partial charge is 0.349 e. The summed E-state index contributed by atoms with van der Waals surface area (Å²) < 4.78 is 0. The van der Waals surface area contributed by atoms with Crippen molar-refractivity contribution in [2.75, 3.05) is 0 Å². The molecule has 27 heavy (non-hydrogen) atoms. The van der Waals surface area contributed by atoms with Crippen molar-refractivity contribution in [2.45, 2.75) is 39.7 Å². The van der Waals surface area contributed by atoms with Crippen molar-refractivity contribution < 1.29 is 4.79 Å². The van der Waals surface area contributed by atoms with Gasteiger partial charge in [0.05, 0.1) is 23.9 Å². The van der Waals surface area contributed by atoms with Gasteiger partial charge in [-0.3, -0.25) is 9.78 Å². The van der Waals surface area contributed by atoms with Crippen LogP contribution in [0.4, 0.5) is 0 Å². The van der Waals surface area contributed by atoms with Crippen molar-refractivity contribution >= 4 is 17.2 Å². The Bertz CT molecular complexity index is 872. The smallest absolute Gasteiger partial charge is 0.226 e. The number of thiazole rings is 1. The zero-order valence-corrected chi connectivity index (χ0v) is 16.8. The van der Waals surface area contributed by atoms with Gasteiger partial charge >= 0.3 is 0 Å². The second-order valence-electron chi connectivity index (χ2n) is 6.92. The number of nitrogens with one attached hydrogen (secondary N) is 1. The van der Waals surface area contributed by atoms with Crippen molar-refractivity contribution in [3.63, 3.8) is 0 Å². The van der Waals surface area contributed by atoms with Gasteiger partial charge < -0.3 is 5.32 Å². The molecule has 2 heterocycles. The Hall–Kier alpha value is -2.53. The van der Waals surface area contributed by atoms with Gasteiger partial charge in [0, 0.05) is 11.6 Å². The van der Waals surface area contributed by atoms with Gasteiger partial charge in [0.15, 0.2) is 0 Å². The van der Waals surface area contributed by atoms with E-state index in [0.717, 1.165) is 28.4 Å². The van der Waals surface area contributed by atoms with Crippen LogP contribution < -0.4 is 5.32 Å². The lowest BCUT2D eigenvalue weighted by molar-refractivity contribution is -0.121. The quantitative estimate of drug-likeness (QED) is 0.640. The minimum absolute atomic E-state index is 0.00250. The maximum absolute atomic E-state index is 12.6. The van der Waals surface area contributed by atoms with E-state index < -0.39 is 0 Å². The standard InChI is InChI=1S/C22H25N3OS/c1-4-16-8-10-17(11-9-16)21(15(2)3)25-20(26)13-18-14-27-22(24-18)19-7-5-6-12-23-19/h5-12,14-15,21H,4,13H2,1-3H3,(H,25,26). The third kappa shape index (κ3) is 5.01. The molecule has 1 unspecified atom stereocenters. The van der Waals surface area contributed by atoms with Crippen molar-refractivity contribution in [1.29, 1.82) is 0 Å². The topological polar surface area (TPSA) is 54.9 Å². The summed E-state index contributed by atoms with van der Waals surface area (Å²) in [4.78, 5) is 21.5. The third-order valence-corrected chi connectivity index (χ3v) is 5.42. The average Bonchev–Trinajstić information content (AvgIpc) is 3.15. The molecule has 0 aliphatic heterocycles. The second-order valence-corrected chi connectivity index (χ2v) is 7.78. The summed E-state index contributed by atoms with van der Waals surface area (Å²) in [6.45, 7) is 6.39. The SMILES string of the molecule is CCc1ccc(C(NC(=O)Cc2csc(-c3ccccn3)n2)C(C)C)cc1. The fraction of sp³-hybridized carbons (Fsp3) is 0.318. The highest BCUT2D eigenvalue weighted by Gasteiger charge is 2.19. The van der Waals surface area contributed by atoms with E-state index in [9.17, 15) is 4.79 Å². The number of nitrogens with zero attached hydrogens (tertiary/aromatic N) is 2. The number of carbonyl (C=O) groups is 1. The number of amides is 1. The van der Waals surface area contributed by atoms with Crippen LogP contribution in [0.25, 0.3) is 10.7 Å². The fourth-order valence-electron chi connectivity index (χ4n) is 2.98. The van der Waals surface area contributed by atoms with Gasteiger partial charge in [-0.2, -0.15) is 0 Å². The molecule has 5 heteroatoms. The lowest BCUT2D eigenvalue weighted by Gasteiger charge is -2.23. The summed E-state index contributed by atoms with van der Waals surface area (Å²) >= 11 is 1.52. The Balaban J connectivity index is 1.67. The molecule has 3 rings (SSSR count). The molecule has 1 N–H and O–H groups in total. The van der Waals surface area contributed by atoms with Crippen LogP contribution in [0.15, 0.2) is 54.0 Å². The number of pyridine rings is 1. The van der Waals surface area contributed by atoms with Crippen molar-refractivity contribution in [3.05, 3.63) is 70.9 Å². The Morgan fingerprint density at radius 2 is 1.93 bits per heavy atom. The fourth-order valence-corrected chi connectivity index (χ4v) is 3.77. The molecule has 0 saturated heterocycles. The molecule has 0 saturated carbocycles. The first-order valence-electron chi connectivity index (χ1n) is 9.30. The molecule has 0 fully saturated rings. The molecule has 0 spiro atoms. The van der Waals surface area contributed by atoms with E-state index >= 15 is 0 Å². The summed E-state index contributed by atoms with van der Waals surface area (Å²) in [7, 11) is 0. The Labute approximate surface area is 164 Å². The van der Waals surface area contributed by atoms with E-state index in [1.807, 2.05) is 23.6 Å². The predicted molar refractivity (Wildman–Crippen MR) is 111 cm³/mol. The Morgan fingerprint density at radius 1 is 1.15 bits per heavy atom. The number of aryl methyl sites for hydroxylation is 1. The maximum Gasteiger partial charge on any atom is 0.226 e. The molecular weight excluding hydrogens is 354 g/mol. The highest BCUT2D eigenvalue weighted by Crippen LogP contribution is 2.24. The monoisotopic (exact) mass is 379 g/mol. The maximum atomic E-state index is 12.6. The molecule has 1 amide bonds. The average molecular weight is 380 g/mol. The number of hydrogen-bond acceptors (Lipinski definition) is 4. The lowest BCUT2D eigenvalue weighted by Crippen LogP contribution is -2.32. The van der Waals surface area contributed by atoms with Crippen LogP contribution in [0.1, 0.15) is 43.6 Å². The second kappa shape index (κ2) is 8.91. The van der Waals surface area contributed by atoms with Gasteiger partial charge in [-0.25, -0.2) is 4.98 Å². The van der Waals surface area contributed by atoms with Crippen molar-refractivity contribution in [1.82, 2.24) is 15.3 Å². The summed E-state index contributed by atoms with van der Waals surface area (Å²) in [5.41, 5.74) is 4.06. The van der Waals surface area contributed by atoms with Crippen LogP contribution in [0, 0.1) is 5.92 Å². The Kier molecular flexibility index (Phi) is 6.35. The number of carbonyl (C=O) groups excluding carboxylic acids is 1. The molecule has 140 valence electrons. The first kappa shape index (κ1) is 19.2. The number of rotatable bonds is 7. The molecule has 0 aliphatic rings. The van der Waals surface area contributed by atoms with Gasteiger partial charge in [-0.05, 0) is 35.6 Å². The van der Waals surface area contributed by atoms with Crippen LogP contribution in [-0.2, 0) is 17.6 Å². The summed E-state index contributed by atoms with van der Waals surface area (Å²) in [6, 6.07) is 14.2. The van der Waals surface area contributed by atoms with E-state index in [-0.39, 0.29) is 18.4 Å². The van der Waals surface area contributed by atoms with Gasteiger partial charge in [0.2, 0.25) is 5.91 Å². The van der Waals surface area contributed by atoms with Crippen molar-refractivity contribution in [3.8, 4) is 10.7 Å². The zero-order valence-electron chi connectivity index (χ0n) is 16.0. The van der Waals surface area contributed by atoms with E-state index in [2.05, 4.69) is 60.3 Å². The first-order chi connectivity index (χ1) is 13.1. The van der Waals surface area contributed by atoms with Crippen LogP contribution in [0.5, 0.6) is 0 Å². The third-order valence-electron chi connectivity index (χ3n) is 4.51. The number of hydrogen-bond donors (Lipinski definition) is 1. The minimum atomic E-state index is -0.00820. The van der Waals surface area contributed by atoms with Crippen LogP contribution in [-0.4, -0.2) is 15.9 Å². The molecule has 4 nitrogen and oxygen atoms in total. The van der Waals surface area contributed by atoms with E-state index in [4.69, 9.17) is 0 Å². The lowest BCUT2D eigenvalue weighted by atomic mass is 9.94. The molecule has 0 bridgehead atoms. The number of benzene rings is 1. The van der Waals surface area contributed by atoms with Crippen LogP contribution in [0.2, 0.25) is 0 Å². The first-order valence-corrected chi connectivity index (χ1v) is 10.2. The highest BCUT2D eigenvalue weighted by molar-refractivity contribution is 7.13. The molecule has 1 aromatic carbocycles. The van der Waals surface area contributed by atoms with Gasteiger partial charge in [-0.15, -0.1) is 11.3 Å². The summed E-state index contributed by atoms with van der Waals surface area (Å²) in [6.07, 6.45) is 3.04.